The van der Waals surface area contributed by atoms with Gasteiger partial charge in [0, 0.05) is 25.3 Å². The predicted molar refractivity (Wildman–Crippen MR) is 81.4 cm³/mol. The molecule has 1 aromatic carbocycles. The zero-order valence-electron chi connectivity index (χ0n) is 12.3. The molecule has 0 aliphatic carbocycles. The highest BCUT2D eigenvalue weighted by atomic mass is 16.5. The molecule has 2 amide bonds. The van der Waals surface area contributed by atoms with Crippen LogP contribution < -0.4 is 10.6 Å². The van der Waals surface area contributed by atoms with E-state index in [4.69, 9.17) is 10.00 Å². The molecule has 118 valence electrons. The summed E-state index contributed by atoms with van der Waals surface area (Å²) in [6, 6.07) is 7.93. The second-order valence-corrected chi connectivity index (χ2v) is 5.08. The highest BCUT2D eigenvalue weighted by molar-refractivity contribution is 5.89. The van der Waals surface area contributed by atoms with Gasteiger partial charge in [0.25, 0.3) is 0 Å². The van der Waals surface area contributed by atoms with Crippen molar-refractivity contribution < 1.29 is 14.6 Å². The normalized spacial score (nSPS) is 16.5. The van der Waals surface area contributed by atoms with Crippen molar-refractivity contribution in [2.24, 2.45) is 0 Å². The highest BCUT2D eigenvalue weighted by Crippen LogP contribution is 2.09. The smallest absolute Gasteiger partial charge is 0.319 e. The molecule has 1 saturated heterocycles. The molecular weight excluding hydrogens is 284 g/mol. The lowest BCUT2D eigenvalue weighted by Crippen LogP contribution is -2.49. The summed E-state index contributed by atoms with van der Waals surface area (Å²) >= 11 is 0. The maximum atomic E-state index is 12.0. The number of carbonyl (C=O) groups is 1. The number of nitrogens with one attached hydrogen (secondary N) is 2. The van der Waals surface area contributed by atoms with Crippen LogP contribution in [-0.4, -0.2) is 61.5 Å². The number of urea groups is 1. The number of carbonyl (C=O) groups excluding carboxylic acids is 1. The zero-order valence-corrected chi connectivity index (χ0v) is 12.3. The van der Waals surface area contributed by atoms with E-state index in [1.165, 1.54) is 0 Å². The minimum atomic E-state index is -0.401. The third-order valence-electron chi connectivity index (χ3n) is 3.39. The van der Waals surface area contributed by atoms with E-state index in [9.17, 15) is 9.90 Å². The van der Waals surface area contributed by atoms with Crippen molar-refractivity contribution in [2.75, 3.05) is 44.8 Å². The van der Waals surface area contributed by atoms with Crippen LogP contribution in [-0.2, 0) is 4.74 Å². The largest absolute Gasteiger partial charge is 0.394 e. The lowest BCUT2D eigenvalue weighted by atomic mass is 10.2. The number of rotatable bonds is 5. The molecule has 3 N–H and O–H groups in total. The van der Waals surface area contributed by atoms with Gasteiger partial charge in [-0.3, -0.25) is 4.90 Å². The minimum Gasteiger partial charge on any atom is -0.394 e. The summed E-state index contributed by atoms with van der Waals surface area (Å²) in [7, 11) is 0. The van der Waals surface area contributed by atoms with Crippen molar-refractivity contribution in [2.45, 2.75) is 6.04 Å². The van der Waals surface area contributed by atoms with Crippen LogP contribution in [0.4, 0.5) is 10.5 Å². The molecule has 1 aromatic rings. The number of morpholine rings is 1. The van der Waals surface area contributed by atoms with Gasteiger partial charge in [0.05, 0.1) is 37.5 Å². The first-order valence-electron chi connectivity index (χ1n) is 7.20. The van der Waals surface area contributed by atoms with E-state index in [1.807, 2.05) is 6.07 Å². The fraction of sp³-hybridized carbons (Fsp3) is 0.467. The van der Waals surface area contributed by atoms with Crippen LogP contribution in [0.3, 0.4) is 0 Å². The molecule has 1 atom stereocenters. The van der Waals surface area contributed by atoms with Crippen molar-refractivity contribution in [1.82, 2.24) is 10.2 Å². The molecule has 0 unspecified atom stereocenters. The van der Waals surface area contributed by atoms with Gasteiger partial charge in [-0.2, -0.15) is 5.26 Å². The van der Waals surface area contributed by atoms with Crippen molar-refractivity contribution in [1.29, 1.82) is 5.26 Å². The Morgan fingerprint density at radius 3 is 2.91 bits per heavy atom. The number of aliphatic hydroxyl groups is 1. The summed E-state index contributed by atoms with van der Waals surface area (Å²) < 4.78 is 5.27. The zero-order chi connectivity index (χ0) is 15.8. The number of aliphatic hydroxyl groups excluding tert-OH is 1. The van der Waals surface area contributed by atoms with Crippen molar-refractivity contribution in [3.05, 3.63) is 29.8 Å². The number of ether oxygens (including phenoxy) is 1. The monoisotopic (exact) mass is 304 g/mol. The molecule has 0 aromatic heterocycles. The number of amides is 2. The number of hydrogen-bond acceptors (Lipinski definition) is 5. The lowest BCUT2D eigenvalue weighted by molar-refractivity contribution is 0.0308. The second kappa shape index (κ2) is 8.34. The van der Waals surface area contributed by atoms with E-state index in [0.29, 0.717) is 31.0 Å². The molecule has 2 rings (SSSR count). The SMILES string of the molecule is N#Cc1cccc(NC(=O)N[C@@H](CO)CN2CCOCC2)c1. The topological polar surface area (TPSA) is 97.6 Å². The number of anilines is 1. The van der Waals surface area contributed by atoms with E-state index < -0.39 is 6.03 Å². The maximum absolute atomic E-state index is 12.0. The first-order valence-corrected chi connectivity index (χ1v) is 7.20. The Balaban J connectivity index is 1.84. The molecule has 0 saturated carbocycles. The lowest BCUT2D eigenvalue weighted by Gasteiger charge is -2.30. The minimum absolute atomic E-state index is 0.136. The van der Waals surface area contributed by atoms with Crippen LogP contribution in [0.15, 0.2) is 24.3 Å². The Morgan fingerprint density at radius 2 is 2.23 bits per heavy atom. The number of nitrogens with zero attached hydrogens (tertiary/aromatic N) is 2. The van der Waals surface area contributed by atoms with E-state index >= 15 is 0 Å². The van der Waals surface area contributed by atoms with Gasteiger partial charge in [0.2, 0.25) is 0 Å². The van der Waals surface area contributed by atoms with Crippen LogP contribution in [0.1, 0.15) is 5.56 Å². The average molecular weight is 304 g/mol. The van der Waals surface area contributed by atoms with E-state index in [-0.39, 0.29) is 12.6 Å². The summed E-state index contributed by atoms with van der Waals surface area (Å²) in [4.78, 5) is 14.1. The summed E-state index contributed by atoms with van der Waals surface area (Å²) in [6.07, 6.45) is 0. The van der Waals surface area contributed by atoms with Gasteiger partial charge in [0.1, 0.15) is 0 Å². The third kappa shape index (κ3) is 5.00. The fourth-order valence-corrected chi connectivity index (χ4v) is 2.26. The van der Waals surface area contributed by atoms with Gasteiger partial charge < -0.3 is 20.5 Å². The Morgan fingerprint density at radius 1 is 1.45 bits per heavy atom. The quantitative estimate of drug-likeness (QED) is 0.730. The van der Waals surface area contributed by atoms with Crippen LogP contribution in [0, 0.1) is 11.3 Å². The van der Waals surface area contributed by atoms with Crippen LogP contribution in [0.2, 0.25) is 0 Å². The summed E-state index contributed by atoms with van der Waals surface area (Å²) in [5, 5.41) is 23.6. The van der Waals surface area contributed by atoms with Crippen molar-refractivity contribution >= 4 is 11.7 Å². The Hall–Kier alpha value is -2.14. The average Bonchev–Trinajstić information content (AvgIpc) is 2.55. The Bertz CT molecular complexity index is 538. The van der Waals surface area contributed by atoms with Gasteiger partial charge >= 0.3 is 6.03 Å². The molecule has 22 heavy (non-hydrogen) atoms. The van der Waals surface area contributed by atoms with Gasteiger partial charge in [-0.05, 0) is 18.2 Å². The molecule has 7 nitrogen and oxygen atoms in total. The van der Waals surface area contributed by atoms with Gasteiger partial charge in [-0.25, -0.2) is 4.79 Å². The highest BCUT2D eigenvalue weighted by Gasteiger charge is 2.18. The fourth-order valence-electron chi connectivity index (χ4n) is 2.26. The summed E-state index contributed by atoms with van der Waals surface area (Å²) in [5.41, 5.74) is 1.02. The summed E-state index contributed by atoms with van der Waals surface area (Å²) in [5.74, 6) is 0. The molecule has 1 aliphatic heterocycles. The standard InChI is InChI=1S/C15H20N4O3/c16-9-12-2-1-3-13(8-12)17-15(21)18-14(11-20)10-19-4-6-22-7-5-19/h1-3,8,14,20H,4-7,10-11H2,(H2,17,18,21)/t14-/m1/s1. The Kier molecular flexibility index (Phi) is 6.15. The molecule has 0 bridgehead atoms. The third-order valence-corrected chi connectivity index (χ3v) is 3.39. The van der Waals surface area contributed by atoms with Gasteiger partial charge in [-0.1, -0.05) is 6.07 Å². The molecule has 1 heterocycles. The molecular formula is C15H20N4O3. The molecule has 0 spiro atoms. The molecule has 1 fully saturated rings. The van der Waals surface area contributed by atoms with Gasteiger partial charge in [-0.15, -0.1) is 0 Å². The number of benzene rings is 1. The maximum Gasteiger partial charge on any atom is 0.319 e. The first-order chi connectivity index (χ1) is 10.7. The number of hydrogen-bond donors (Lipinski definition) is 3. The van der Waals surface area contributed by atoms with Crippen molar-refractivity contribution in [3.8, 4) is 6.07 Å². The predicted octanol–water partition coefficient (Wildman–Crippen LogP) is 0.373. The van der Waals surface area contributed by atoms with Gasteiger partial charge in [0.15, 0.2) is 0 Å². The summed E-state index contributed by atoms with van der Waals surface area (Å²) in [6.45, 7) is 3.37. The van der Waals surface area contributed by atoms with Crippen LogP contribution in [0.5, 0.6) is 0 Å². The van der Waals surface area contributed by atoms with Crippen molar-refractivity contribution in [3.63, 3.8) is 0 Å². The van der Waals surface area contributed by atoms with E-state index in [2.05, 4.69) is 15.5 Å². The molecule has 0 radical (unpaired) electrons. The molecule has 1 aliphatic rings. The van der Waals surface area contributed by atoms with E-state index in [0.717, 1.165) is 13.1 Å². The molecule has 7 heteroatoms. The van der Waals surface area contributed by atoms with Crippen LogP contribution in [0.25, 0.3) is 0 Å². The second-order valence-electron chi connectivity index (χ2n) is 5.08. The Labute approximate surface area is 129 Å². The first kappa shape index (κ1) is 16.2. The van der Waals surface area contributed by atoms with E-state index in [1.54, 1.807) is 24.3 Å². The van der Waals surface area contributed by atoms with Crippen LogP contribution >= 0.6 is 0 Å². The number of nitriles is 1.